The first-order valence-corrected chi connectivity index (χ1v) is 8.78. The Morgan fingerprint density at radius 3 is 2.65 bits per heavy atom. The molecule has 1 amide bonds. The number of aryl methyl sites for hydroxylation is 1. The van der Waals surface area contributed by atoms with Crippen LogP contribution in [0, 0.1) is 5.82 Å². The Bertz CT molecular complexity index is 778. The molecule has 0 saturated carbocycles. The fraction of sp³-hybridized carbons (Fsp3) is 0.500. The van der Waals surface area contributed by atoms with Crippen LogP contribution in [0.5, 0.6) is 0 Å². The minimum Gasteiger partial charge on any atom is -0.347 e. The highest BCUT2D eigenvalue weighted by Crippen LogP contribution is 2.31. The zero-order chi connectivity index (χ0) is 18.0. The number of hydrogen-bond acceptors (Lipinski definition) is 6. The normalized spacial score (nSPS) is 19.2. The van der Waals surface area contributed by atoms with Crippen LogP contribution < -0.4 is 0 Å². The van der Waals surface area contributed by atoms with Gasteiger partial charge in [-0.3, -0.25) is 4.79 Å². The number of nitrogens with zero attached hydrogens (tertiary/aromatic N) is 3. The van der Waals surface area contributed by atoms with Gasteiger partial charge in [-0.05, 0) is 12.1 Å². The summed E-state index contributed by atoms with van der Waals surface area (Å²) in [6, 6.07) is 6.24. The molecule has 3 heterocycles. The summed E-state index contributed by atoms with van der Waals surface area (Å²) in [6.45, 7) is 2.47. The van der Waals surface area contributed by atoms with Gasteiger partial charge < -0.3 is 18.9 Å². The Hall–Kier alpha value is -2.32. The van der Waals surface area contributed by atoms with Crippen molar-refractivity contribution in [3.8, 4) is 11.4 Å². The van der Waals surface area contributed by atoms with E-state index in [1.54, 1.807) is 18.2 Å². The minimum atomic E-state index is -0.488. The van der Waals surface area contributed by atoms with Crippen LogP contribution in [-0.2, 0) is 20.7 Å². The van der Waals surface area contributed by atoms with Gasteiger partial charge in [0.2, 0.25) is 17.6 Å². The molecule has 1 spiro atoms. The molecule has 138 valence electrons. The number of aromatic nitrogens is 2. The zero-order valence-corrected chi connectivity index (χ0v) is 14.3. The maximum atomic E-state index is 13.8. The summed E-state index contributed by atoms with van der Waals surface area (Å²) in [4.78, 5) is 18.4. The van der Waals surface area contributed by atoms with Gasteiger partial charge in [0, 0.05) is 38.8 Å². The summed E-state index contributed by atoms with van der Waals surface area (Å²) in [7, 11) is 0. The highest BCUT2D eigenvalue weighted by molar-refractivity contribution is 5.76. The molecule has 7 nitrogen and oxygen atoms in total. The van der Waals surface area contributed by atoms with E-state index in [4.69, 9.17) is 14.0 Å². The van der Waals surface area contributed by atoms with Gasteiger partial charge >= 0.3 is 0 Å². The number of hydrogen-bond donors (Lipinski definition) is 0. The molecule has 0 radical (unpaired) electrons. The van der Waals surface area contributed by atoms with Crippen LogP contribution in [0.1, 0.15) is 25.2 Å². The molecular formula is C18H20FN3O4. The molecule has 0 unspecified atom stereocenters. The molecule has 0 bridgehead atoms. The van der Waals surface area contributed by atoms with Crippen molar-refractivity contribution >= 4 is 5.91 Å². The summed E-state index contributed by atoms with van der Waals surface area (Å²) < 4.78 is 30.3. The first-order chi connectivity index (χ1) is 12.7. The lowest BCUT2D eigenvalue weighted by molar-refractivity contribution is -0.187. The SMILES string of the molecule is O=C(CCc1nc(-c2ccccc2F)no1)N1CCC2(CC1)OCCO2. The Morgan fingerprint density at radius 1 is 1.19 bits per heavy atom. The average molecular weight is 361 g/mol. The lowest BCUT2D eigenvalue weighted by Crippen LogP contribution is -2.47. The van der Waals surface area contributed by atoms with Crippen LogP contribution in [0.15, 0.2) is 28.8 Å². The summed E-state index contributed by atoms with van der Waals surface area (Å²) >= 11 is 0. The lowest BCUT2D eigenvalue weighted by atomic mass is 10.0. The van der Waals surface area contributed by atoms with Crippen LogP contribution in [0.2, 0.25) is 0 Å². The van der Waals surface area contributed by atoms with E-state index < -0.39 is 11.6 Å². The minimum absolute atomic E-state index is 0.0310. The predicted molar refractivity (Wildman–Crippen MR) is 88.5 cm³/mol. The quantitative estimate of drug-likeness (QED) is 0.831. The van der Waals surface area contributed by atoms with Gasteiger partial charge in [0.05, 0.1) is 18.8 Å². The van der Waals surface area contributed by atoms with E-state index in [2.05, 4.69) is 10.1 Å². The van der Waals surface area contributed by atoms with E-state index in [0.29, 0.717) is 51.5 Å². The Kier molecular flexibility index (Phi) is 4.69. The molecule has 8 heteroatoms. The van der Waals surface area contributed by atoms with Gasteiger partial charge in [0.15, 0.2) is 5.79 Å². The fourth-order valence-corrected chi connectivity index (χ4v) is 3.36. The second kappa shape index (κ2) is 7.13. The first-order valence-electron chi connectivity index (χ1n) is 8.78. The summed E-state index contributed by atoms with van der Waals surface area (Å²) in [5.74, 6) is -0.343. The molecule has 2 saturated heterocycles. The highest BCUT2D eigenvalue weighted by Gasteiger charge is 2.40. The molecule has 2 fully saturated rings. The third kappa shape index (κ3) is 3.47. The third-order valence-corrected chi connectivity index (χ3v) is 4.83. The second-order valence-electron chi connectivity index (χ2n) is 6.48. The smallest absolute Gasteiger partial charge is 0.227 e. The predicted octanol–water partition coefficient (Wildman–Crippen LogP) is 2.17. The van der Waals surface area contributed by atoms with Crippen molar-refractivity contribution in [3.05, 3.63) is 36.0 Å². The van der Waals surface area contributed by atoms with Crippen molar-refractivity contribution in [1.82, 2.24) is 15.0 Å². The van der Waals surface area contributed by atoms with Crippen LogP contribution in [0.3, 0.4) is 0 Å². The largest absolute Gasteiger partial charge is 0.347 e. The third-order valence-electron chi connectivity index (χ3n) is 4.83. The maximum absolute atomic E-state index is 13.8. The van der Waals surface area contributed by atoms with E-state index in [9.17, 15) is 9.18 Å². The number of carbonyl (C=O) groups excluding carboxylic acids is 1. The highest BCUT2D eigenvalue weighted by atomic mass is 19.1. The fourth-order valence-electron chi connectivity index (χ4n) is 3.36. The van der Waals surface area contributed by atoms with E-state index in [0.717, 1.165) is 0 Å². The number of likely N-dealkylation sites (tertiary alicyclic amines) is 1. The van der Waals surface area contributed by atoms with Crippen LogP contribution in [0.25, 0.3) is 11.4 Å². The van der Waals surface area contributed by atoms with Gasteiger partial charge in [-0.2, -0.15) is 4.98 Å². The van der Waals surface area contributed by atoms with Gasteiger partial charge in [-0.15, -0.1) is 0 Å². The van der Waals surface area contributed by atoms with E-state index >= 15 is 0 Å². The number of amides is 1. The number of rotatable bonds is 4. The van der Waals surface area contributed by atoms with Crippen molar-refractivity contribution in [2.24, 2.45) is 0 Å². The van der Waals surface area contributed by atoms with Crippen LogP contribution in [0.4, 0.5) is 4.39 Å². The molecule has 26 heavy (non-hydrogen) atoms. The molecule has 2 aromatic rings. The molecule has 2 aliphatic rings. The van der Waals surface area contributed by atoms with Gasteiger partial charge in [0.1, 0.15) is 5.82 Å². The van der Waals surface area contributed by atoms with Gasteiger partial charge in [-0.1, -0.05) is 17.3 Å². The summed E-state index contributed by atoms with van der Waals surface area (Å²) in [5, 5.41) is 3.80. The monoisotopic (exact) mass is 361 g/mol. The molecule has 1 aromatic carbocycles. The molecule has 0 atom stereocenters. The number of benzene rings is 1. The van der Waals surface area contributed by atoms with E-state index in [1.165, 1.54) is 6.07 Å². The topological polar surface area (TPSA) is 77.7 Å². The zero-order valence-electron chi connectivity index (χ0n) is 14.3. The van der Waals surface area contributed by atoms with E-state index in [-0.39, 0.29) is 23.7 Å². The van der Waals surface area contributed by atoms with Crippen molar-refractivity contribution in [2.45, 2.75) is 31.5 Å². The number of ether oxygens (including phenoxy) is 2. The van der Waals surface area contributed by atoms with Crippen LogP contribution in [-0.4, -0.2) is 53.0 Å². The van der Waals surface area contributed by atoms with E-state index in [1.807, 2.05) is 4.90 Å². The maximum Gasteiger partial charge on any atom is 0.227 e. The summed E-state index contributed by atoms with van der Waals surface area (Å²) in [5.41, 5.74) is 0.284. The second-order valence-corrected chi connectivity index (χ2v) is 6.48. The summed E-state index contributed by atoms with van der Waals surface area (Å²) in [6.07, 6.45) is 1.98. The average Bonchev–Trinajstić information content (AvgIpc) is 3.31. The van der Waals surface area contributed by atoms with Crippen molar-refractivity contribution in [2.75, 3.05) is 26.3 Å². The molecule has 4 rings (SSSR count). The Morgan fingerprint density at radius 2 is 1.92 bits per heavy atom. The first kappa shape index (κ1) is 17.1. The molecule has 2 aliphatic heterocycles. The lowest BCUT2D eigenvalue weighted by Gasteiger charge is -2.37. The van der Waals surface area contributed by atoms with Gasteiger partial charge in [-0.25, -0.2) is 4.39 Å². The molecule has 1 aromatic heterocycles. The molecular weight excluding hydrogens is 341 g/mol. The standard InChI is InChI=1S/C18H20FN3O4/c19-14-4-2-1-3-13(14)17-20-15(26-21-17)5-6-16(23)22-9-7-18(8-10-22)24-11-12-25-18/h1-4H,5-12H2. The van der Waals surface area contributed by atoms with Crippen LogP contribution >= 0.6 is 0 Å². The van der Waals surface area contributed by atoms with Crippen molar-refractivity contribution in [3.63, 3.8) is 0 Å². The number of carbonyl (C=O) groups is 1. The number of halogens is 1. The van der Waals surface area contributed by atoms with Crippen molar-refractivity contribution in [1.29, 1.82) is 0 Å². The van der Waals surface area contributed by atoms with Crippen molar-refractivity contribution < 1.29 is 23.2 Å². The number of piperidine rings is 1. The molecule has 0 N–H and O–H groups in total. The van der Waals surface area contributed by atoms with Gasteiger partial charge in [0.25, 0.3) is 0 Å². The Balaban J connectivity index is 1.31. The Labute approximate surface area is 150 Å². The molecule has 0 aliphatic carbocycles.